The Morgan fingerprint density at radius 2 is 2.20 bits per heavy atom. The van der Waals surface area contributed by atoms with Crippen molar-refractivity contribution in [2.45, 2.75) is 20.4 Å². The summed E-state index contributed by atoms with van der Waals surface area (Å²) in [5, 5.41) is 8.92. The number of anilines is 1. The van der Waals surface area contributed by atoms with Crippen LogP contribution in [-0.4, -0.2) is 15.6 Å². The summed E-state index contributed by atoms with van der Waals surface area (Å²) in [5.74, 6) is -0.947. The van der Waals surface area contributed by atoms with Crippen molar-refractivity contribution >= 4 is 11.7 Å². The summed E-state index contributed by atoms with van der Waals surface area (Å²) in [6, 6.07) is 3.11. The van der Waals surface area contributed by atoms with Gasteiger partial charge in [0.2, 0.25) is 0 Å². The van der Waals surface area contributed by atoms with Crippen molar-refractivity contribution in [1.82, 2.24) is 4.57 Å². The van der Waals surface area contributed by atoms with Gasteiger partial charge in [-0.05, 0) is 26.0 Å². The minimum atomic E-state index is -0.988. The fraction of sp³-hybridized carbons (Fsp3) is 0.400. The third kappa shape index (κ3) is 2.37. The van der Waals surface area contributed by atoms with E-state index < -0.39 is 11.4 Å². The zero-order valence-electron chi connectivity index (χ0n) is 8.73. The Balaban J connectivity index is 3.06. The zero-order valence-corrected chi connectivity index (χ0v) is 8.73. The molecular formula is C10H14N2O3. The van der Waals surface area contributed by atoms with Crippen molar-refractivity contribution in [2.24, 2.45) is 5.41 Å². The summed E-state index contributed by atoms with van der Waals surface area (Å²) in [4.78, 5) is 22.4. The Morgan fingerprint density at radius 1 is 1.60 bits per heavy atom. The second kappa shape index (κ2) is 3.76. The molecule has 0 saturated heterocycles. The van der Waals surface area contributed by atoms with Gasteiger partial charge in [-0.3, -0.25) is 9.59 Å². The molecule has 0 amide bonds. The molecule has 0 saturated carbocycles. The van der Waals surface area contributed by atoms with E-state index in [1.807, 2.05) is 0 Å². The fourth-order valence-corrected chi connectivity index (χ4v) is 1.17. The number of nitrogen functional groups attached to an aromatic ring is 1. The highest BCUT2D eigenvalue weighted by atomic mass is 16.4. The highest BCUT2D eigenvalue weighted by Gasteiger charge is 2.27. The summed E-state index contributed by atoms with van der Waals surface area (Å²) in [6.45, 7) is 3.22. The molecule has 0 unspecified atom stereocenters. The van der Waals surface area contributed by atoms with E-state index in [1.165, 1.54) is 16.8 Å². The van der Waals surface area contributed by atoms with Crippen LogP contribution in [0.3, 0.4) is 0 Å². The predicted molar refractivity (Wildman–Crippen MR) is 56.5 cm³/mol. The maximum absolute atomic E-state index is 11.5. The fourth-order valence-electron chi connectivity index (χ4n) is 1.17. The molecule has 1 rings (SSSR count). The van der Waals surface area contributed by atoms with Crippen LogP contribution in [0.1, 0.15) is 13.8 Å². The second-order valence-corrected chi connectivity index (χ2v) is 4.09. The third-order valence-electron chi connectivity index (χ3n) is 2.19. The van der Waals surface area contributed by atoms with Gasteiger partial charge < -0.3 is 15.4 Å². The highest BCUT2D eigenvalue weighted by molar-refractivity contribution is 5.73. The molecule has 0 bridgehead atoms. The van der Waals surface area contributed by atoms with Gasteiger partial charge in [0.15, 0.2) is 0 Å². The molecule has 0 radical (unpaired) electrons. The minimum Gasteiger partial charge on any atom is -0.481 e. The molecule has 0 aromatic carbocycles. The van der Waals surface area contributed by atoms with Gasteiger partial charge in [0.1, 0.15) is 0 Å². The molecule has 82 valence electrons. The average molecular weight is 210 g/mol. The Bertz CT molecular complexity index is 435. The molecule has 1 aromatic rings. The molecule has 0 aliphatic rings. The maximum Gasteiger partial charge on any atom is 0.310 e. The predicted octanol–water partition coefficient (Wildman–Crippen LogP) is 0.541. The lowest BCUT2D eigenvalue weighted by Crippen LogP contribution is -2.34. The van der Waals surface area contributed by atoms with Crippen LogP contribution in [0.4, 0.5) is 5.69 Å². The minimum absolute atomic E-state index is 0.103. The number of aromatic nitrogens is 1. The van der Waals surface area contributed by atoms with E-state index in [0.29, 0.717) is 0 Å². The quantitative estimate of drug-likeness (QED) is 0.762. The molecular weight excluding hydrogens is 196 g/mol. The number of nitrogens with two attached hydrogens (primary N) is 1. The van der Waals surface area contributed by atoms with Gasteiger partial charge in [0.05, 0.1) is 11.1 Å². The second-order valence-electron chi connectivity index (χ2n) is 4.09. The van der Waals surface area contributed by atoms with Crippen LogP contribution in [0.2, 0.25) is 0 Å². The maximum atomic E-state index is 11.5. The van der Waals surface area contributed by atoms with Gasteiger partial charge in [-0.1, -0.05) is 0 Å². The van der Waals surface area contributed by atoms with Crippen LogP contribution >= 0.6 is 0 Å². The van der Waals surface area contributed by atoms with Crippen molar-refractivity contribution in [3.05, 3.63) is 28.7 Å². The molecule has 5 heteroatoms. The Labute approximate surface area is 87.1 Å². The number of rotatable bonds is 3. The lowest BCUT2D eigenvalue weighted by Gasteiger charge is -2.20. The Kier molecular flexibility index (Phi) is 2.83. The first-order valence-electron chi connectivity index (χ1n) is 4.53. The van der Waals surface area contributed by atoms with Crippen LogP contribution in [0.25, 0.3) is 0 Å². The Hall–Kier alpha value is -1.78. The summed E-state index contributed by atoms with van der Waals surface area (Å²) in [5.41, 5.74) is 4.22. The van der Waals surface area contributed by atoms with Gasteiger partial charge in [0, 0.05) is 12.7 Å². The van der Waals surface area contributed by atoms with Gasteiger partial charge in [-0.25, -0.2) is 0 Å². The Morgan fingerprint density at radius 3 is 2.73 bits per heavy atom. The molecule has 1 aromatic heterocycles. The molecule has 3 N–H and O–H groups in total. The molecule has 0 aliphatic carbocycles. The average Bonchev–Trinajstić information content (AvgIpc) is 2.12. The van der Waals surface area contributed by atoms with Gasteiger partial charge >= 0.3 is 5.97 Å². The van der Waals surface area contributed by atoms with E-state index in [2.05, 4.69) is 0 Å². The third-order valence-corrected chi connectivity index (χ3v) is 2.19. The summed E-state index contributed by atoms with van der Waals surface area (Å²) in [6.07, 6.45) is 1.53. The van der Waals surface area contributed by atoms with E-state index in [1.54, 1.807) is 19.9 Å². The number of carboxylic acids is 1. The van der Waals surface area contributed by atoms with Crippen molar-refractivity contribution in [1.29, 1.82) is 0 Å². The lowest BCUT2D eigenvalue weighted by molar-refractivity contribution is -0.147. The van der Waals surface area contributed by atoms with E-state index in [9.17, 15) is 9.59 Å². The summed E-state index contributed by atoms with van der Waals surface area (Å²) >= 11 is 0. The van der Waals surface area contributed by atoms with E-state index in [4.69, 9.17) is 10.8 Å². The van der Waals surface area contributed by atoms with Crippen molar-refractivity contribution in [2.75, 3.05) is 5.73 Å². The van der Waals surface area contributed by atoms with Crippen LogP contribution < -0.4 is 11.3 Å². The molecule has 0 atom stereocenters. The van der Waals surface area contributed by atoms with Crippen molar-refractivity contribution < 1.29 is 9.90 Å². The molecule has 0 fully saturated rings. The largest absolute Gasteiger partial charge is 0.481 e. The number of carbonyl (C=O) groups is 1. The molecule has 0 aliphatic heterocycles. The number of aliphatic carboxylic acids is 1. The van der Waals surface area contributed by atoms with Gasteiger partial charge in [-0.15, -0.1) is 0 Å². The normalized spacial score (nSPS) is 11.3. The first-order valence-corrected chi connectivity index (χ1v) is 4.53. The van der Waals surface area contributed by atoms with Gasteiger partial charge in [0.25, 0.3) is 5.56 Å². The van der Waals surface area contributed by atoms with E-state index in [0.717, 1.165) is 0 Å². The molecule has 0 spiro atoms. The van der Waals surface area contributed by atoms with Crippen molar-refractivity contribution in [3.63, 3.8) is 0 Å². The standard InChI is InChI=1S/C10H14N2O3/c1-10(2,9(14)15)6-12-5-3-4-7(11)8(12)13/h3-5H,6,11H2,1-2H3,(H,14,15). The number of hydrogen-bond acceptors (Lipinski definition) is 3. The molecule has 5 nitrogen and oxygen atoms in total. The smallest absolute Gasteiger partial charge is 0.310 e. The number of nitrogens with zero attached hydrogens (tertiary/aromatic N) is 1. The van der Waals surface area contributed by atoms with Crippen LogP contribution in [-0.2, 0) is 11.3 Å². The molecule has 15 heavy (non-hydrogen) atoms. The van der Waals surface area contributed by atoms with Crippen LogP contribution in [0.15, 0.2) is 23.1 Å². The van der Waals surface area contributed by atoms with E-state index >= 15 is 0 Å². The SMILES string of the molecule is CC(C)(Cn1cccc(N)c1=O)C(=O)O. The number of hydrogen-bond donors (Lipinski definition) is 2. The first kappa shape index (κ1) is 11.3. The first-order chi connectivity index (χ1) is 6.84. The van der Waals surface area contributed by atoms with Gasteiger partial charge in [-0.2, -0.15) is 0 Å². The monoisotopic (exact) mass is 210 g/mol. The topological polar surface area (TPSA) is 85.3 Å². The number of pyridine rings is 1. The summed E-state index contributed by atoms with van der Waals surface area (Å²) < 4.78 is 1.31. The summed E-state index contributed by atoms with van der Waals surface area (Å²) in [7, 11) is 0. The highest BCUT2D eigenvalue weighted by Crippen LogP contribution is 2.17. The molecule has 1 heterocycles. The lowest BCUT2D eigenvalue weighted by atomic mass is 9.94. The van der Waals surface area contributed by atoms with E-state index in [-0.39, 0.29) is 17.8 Å². The van der Waals surface area contributed by atoms with Crippen LogP contribution in [0, 0.1) is 5.41 Å². The number of carboxylic acid groups (broad SMARTS) is 1. The zero-order chi connectivity index (χ0) is 11.6. The van der Waals surface area contributed by atoms with Crippen LogP contribution in [0.5, 0.6) is 0 Å². The van der Waals surface area contributed by atoms with Crippen molar-refractivity contribution in [3.8, 4) is 0 Å².